The van der Waals surface area contributed by atoms with Crippen molar-refractivity contribution in [3.8, 4) is 11.5 Å². The molecular weight excluding hydrogens is 328 g/mol. The molecule has 6 heteroatoms. The maximum atomic E-state index is 11.6. The van der Waals surface area contributed by atoms with E-state index in [0.717, 1.165) is 41.0 Å². The molecule has 2 aromatic carbocycles. The molecule has 5 nitrogen and oxygen atoms in total. The lowest BCUT2D eigenvalue weighted by Gasteiger charge is -2.29. The van der Waals surface area contributed by atoms with Crippen LogP contribution in [-0.4, -0.2) is 20.1 Å². The lowest BCUT2D eigenvalue weighted by molar-refractivity contribution is 0.174. The van der Waals surface area contributed by atoms with Gasteiger partial charge >= 0.3 is 0 Å². The molecule has 0 amide bonds. The largest absolute Gasteiger partial charge is 0.497 e. The lowest BCUT2D eigenvalue weighted by Crippen LogP contribution is -2.18. The number of aryl methyl sites for hydroxylation is 2. The Bertz CT molecular complexity index is 887. The van der Waals surface area contributed by atoms with Gasteiger partial charge < -0.3 is 9.47 Å². The van der Waals surface area contributed by atoms with Crippen molar-refractivity contribution in [1.29, 1.82) is 0 Å². The zero-order valence-corrected chi connectivity index (χ0v) is 14.7. The Labute approximate surface area is 142 Å². The van der Waals surface area contributed by atoms with E-state index in [2.05, 4.69) is 0 Å². The van der Waals surface area contributed by atoms with Crippen LogP contribution in [0, 0.1) is 13.8 Å². The molecule has 0 fully saturated rings. The summed E-state index contributed by atoms with van der Waals surface area (Å²) in [6.07, 6.45) is 1.32. The van der Waals surface area contributed by atoms with Gasteiger partial charge in [0.2, 0.25) is 0 Å². The topological polar surface area (TPSA) is 72.8 Å². The fourth-order valence-corrected chi connectivity index (χ4v) is 4.04. The van der Waals surface area contributed by atoms with Gasteiger partial charge in [0.15, 0.2) is 0 Å². The normalized spacial score (nSPS) is 17.1. The standard InChI is InChI=1S/C18H20O5S/c1-11-4-9-17(24(19,20)21)12(2)18(11)15-8-6-13-5-7-14(22-3)10-16(13)23-15/h4-5,7,9-10,15H,6,8H2,1-3H3,(H,19,20,21)/t15-/m1/s1. The Morgan fingerprint density at radius 1 is 1.21 bits per heavy atom. The second-order valence-electron chi connectivity index (χ2n) is 6.01. The molecule has 0 saturated carbocycles. The van der Waals surface area contributed by atoms with Crippen molar-refractivity contribution in [3.05, 3.63) is 52.6 Å². The summed E-state index contributed by atoms with van der Waals surface area (Å²) in [6, 6.07) is 8.87. The Hall–Kier alpha value is -2.05. The van der Waals surface area contributed by atoms with Crippen molar-refractivity contribution >= 4 is 10.1 Å². The summed E-state index contributed by atoms with van der Waals surface area (Å²) in [5, 5.41) is 0. The van der Waals surface area contributed by atoms with E-state index in [0.29, 0.717) is 5.56 Å². The highest BCUT2D eigenvalue weighted by atomic mass is 32.2. The van der Waals surface area contributed by atoms with E-state index >= 15 is 0 Å². The van der Waals surface area contributed by atoms with Crippen LogP contribution in [0.2, 0.25) is 0 Å². The Balaban J connectivity index is 2.04. The van der Waals surface area contributed by atoms with Crippen LogP contribution in [0.25, 0.3) is 0 Å². The number of rotatable bonds is 3. The van der Waals surface area contributed by atoms with E-state index < -0.39 is 10.1 Å². The van der Waals surface area contributed by atoms with E-state index in [1.165, 1.54) is 6.07 Å². The third-order valence-electron chi connectivity index (χ3n) is 4.50. The zero-order chi connectivity index (χ0) is 17.5. The first-order chi connectivity index (χ1) is 11.3. The molecule has 1 atom stereocenters. The second-order valence-corrected chi connectivity index (χ2v) is 7.40. The minimum absolute atomic E-state index is 0.0665. The van der Waals surface area contributed by atoms with E-state index in [9.17, 15) is 13.0 Å². The van der Waals surface area contributed by atoms with Crippen LogP contribution < -0.4 is 9.47 Å². The molecular formula is C18H20O5S. The van der Waals surface area contributed by atoms with Gasteiger partial charge in [-0.1, -0.05) is 12.1 Å². The molecule has 1 N–H and O–H groups in total. The third-order valence-corrected chi connectivity index (χ3v) is 5.50. The molecule has 0 aliphatic carbocycles. The van der Waals surface area contributed by atoms with Crippen LogP contribution in [0.1, 0.15) is 34.8 Å². The molecule has 128 valence electrons. The average molecular weight is 348 g/mol. The minimum Gasteiger partial charge on any atom is -0.497 e. The van der Waals surface area contributed by atoms with Crippen LogP contribution >= 0.6 is 0 Å². The maximum absolute atomic E-state index is 11.6. The van der Waals surface area contributed by atoms with Crippen LogP contribution in [0.15, 0.2) is 35.2 Å². The van der Waals surface area contributed by atoms with Gasteiger partial charge in [-0.15, -0.1) is 0 Å². The van der Waals surface area contributed by atoms with Gasteiger partial charge in [0.25, 0.3) is 10.1 Å². The fraction of sp³-hybridized carbons (Fsp3) is 0.333. The van der Waals surface area contributed by atoms with Crippen molar-refractivity contribution in [2.45, 2.75) is 37.7 Å². The van der Waals surface area contributed by atoms with Gasteiger partial charge in [-0.3, -0.25) is 4.55 Å². The maximum Gasteiger partial charge on any atom is 0.294 e. The Morgan fingerprint density at radius 3 is 2.62 bits per heavy atom. The molecule has 0 aromatic heterocycles. The number of methoxy groups -OCH3 is 1. The SMILES string of the molecule is COc1ccc2c(c1)O[C@@H](c1c(C)ccc(S(=O)(=O)O)c1C)CC2. The molecule has 24 heavy (non-hydrogen) atoms. The molecule has 3 rings (SSSR count). The number of ether oxygens (including phenoxy) is 2. The van der Waals surface area contributed by atoms with Crippen LogP contribution in [0.3, 0.4) is 0 Å². The average Bonchev–Trinajstić information content (AvgIpc) is 2.53. The van der Waals surface area contributed by atoms with Crippen LogP contribution in [0.4, 0.5) is 0 Å². The summed E-state index contributed by atoms with van der Waals surface area (Å²) >= 11 is 0. The second kappa shape index (κ2) is 6.11. The van der Waals surface area contributed by atoms with Crippen molar-refractivity contribution in [2.75, 3.05) is 7.11 Å². The monoisotopic (exact) mass is 348 g/mol. The smallest absolute Gasteiger partial charge is 0.294 e. The van der Waals surface area contributed by atoms with Crippen LogP contribution in [-0.2, 0) is 16.5 Å². The summed E-state index contributed by atoms with van der Waals surface area (Å²) in [5.74, 6) is 1.47. The fourth-order valence-electron chi connectivity index (χ4n) is 3.30. The zero-order valence-electron chi connectivity index (χ0n) is 13.9. The van der Waals surface area contributed by atoms with Gasteiger partial charge in [-0.2, -0.15) is 8.42 Å². The van der Waals surface area contributed by atoms with E-state index in [4.69, 9.17) is 9.47 Å². The molecule has 1 aliphatic heterocycles. The van der Waals surface area contributed by atoms with Gasteiger partial charge in [0.05, 0.1) is 12.0 Å². The highest BCUT2D eigenvalue weighted by Gasteiger charge is 2.27. The Morgan fingerprint density at radius 2 is 1.96 bits per heavy atom. The highest BCUT2D eigenvalue weighted by molar-refractivity contribution is 7.85. The first-order valence-corrected chi connectivity index (χ1v) is 9.16. The van der Waals surface area contributed by atoms with Gasteiger partial charge in [0, 0.05) is 6.07 Å². The predicted molar refractivity (Wildman–Crippen MR) is 90.4 cm³/mol. The third kappa shape index (κ3) is 2.99. The summed E-state index contributed by atoms with van der Waals surface area (Å²) in [7, 11) is -2.66. The quantitative estimate of drug-likeness (QED) is 0.858. The molecule has 0 unspecified atom stereocenters. The first-order valence-electron chi connectivity index (χ1n) is 7.72. The number of fused-ring (bicyclic) bond motifs is 1. The molecule has 0 radical (unpaired) electrons. The lowest BCUT2D eigenvalue weighted by atomic mass is 9.91. The molecule has 0 saturated heterocycles. The first kappa shape index (κ1) is 16.8. The van der Waals surface area contributed by atoms with Gasteiger partial charge in [-0.25, -0.2) is 0 Å². The van der Waals surface area contributed by atoms with E-state index in [1.807, 2.05) is 25.1 Å². The molecule has 0 bridgehead atoms. The van der Waals surface area contributed by atoms with Crippen LogP contribution in [0.5, 0.6) is 11.5 Å². The molecule has 1 heterocycles. The van der Waals surface area contributed by atoms with Crippen molar-refractivity contribution in [2.24, 2.45) is 0 Å². The number of benzene rings is 2. The summed E-state index contributed by atoms with van der Waals surface area (Å²) in [5.41, 5.74) is 3.40. The summed E-state index contributed by atoms with van der Waals surface area (Å²) in [6.45, 7) is 3.62. The predicted octanol–water partition coefficient (Wildman–Crippen LogP) is 3.63. The van der Waals surface area contributed by atoms with Gasteiger partial charge in [-0.05, 0) is 61.1 Å². The highest BCUT2D eigenvalue weighted by Crippen LogP contribution is 2.39. The summed E-state index contributed by atoms with van der Waals surface area (Å²) < 4.78 is 44.0. The molecule has 1 aliphatic rings. The molecule has 0 spiro atoms. The molecule has 2 aromatic rings. The minimum atomic E-state index is -4.26. The van der Waals surface area contributed by atoms with Crippen molar-refractivity contribution in [3.63, 3.8) is 0 Å². The van der Waals surface area contributed by atoms with E-state index in [-0.39, 0.29) is 11.0 Å². The Kier molecular flexibility index (Phi) is 4.27. The van der Waals surface area contributed by atoms with E-state index in [1.54, 1.807) is 20.1 Å². The van der Waals surface area contributed by atoms with Crippen molar-refractivity contribution in [1.82, 2.24) is 0 Å². The van der Waals surface area contributed by atoms with Gasteiger partial charge in [0.1, 0.15) is 17.6 Å². The summed E-state index contributed by atoms with van der Waals surface area (Å²) in [4.78, 5) is -0.0665. The number of hydrogen-bond acceptors (Lipinski definition) is 4. The number of hydrogen-bond donors (Lipinski definition) is 1. The van der Waals surface area contributed by atoms with Crippen molar-refractivity contribution < 1.29 is 22.4 Å².